The topological polar surface area (TPSA) is 52.6 Å². The van der Waals surface area contributed by atoms with Crippen molar-refractivity contribution in [3.63, 3.8) is 0 Å². The van der Waals surface area contributed by atoms with Gasteiger partial charge in [-0.1, -0.05) is 6.92 Å². The van der Waals surface area contributed by atoms with Crippen molar-refractivity contribution in [3.05, 3.63) is 0 Å². The van der Waals surface area contributed by atoms with Crippen LogP contribution in [0.3, 0.4) is 0 Å². The van der Waals surface area contributed by atoms with Crippen LogP contribution in [0.25, 0.3) is 0 Å². The molecular weight excluding hydrogens is 192 g/mol. The van der Waals surface area contributed by atoms with Crippen molar-refractivity contribution in [1.82, 2.24) is 0 Å². The van der Waals surface area contributed by atoms with Crippen molar-refractivity contribution in [2.75, 3.05) is 20.0 Å². The summed E-state index contributed by atoms with van der Waals surface area (Å²) in [6.45, 7) is 1.87. The second-order valence-corrected chi connectivity index (χ2v) is 3.90. The molecule has 0 amide bonds. The van der Waals surface area contributed by atoms with Crippen molar-refractivity contribution in [3.8, 4) is 0 Å². The van der Waals surface area contributed by atoms with Gasteiger partial charge in [-0.05, 0) is 0 Å². The quantitative estimate of drug-likeness (QED) is 0.624. The summed E-state index contributed by atoms with van der Waals surface area (Å²) in [5.41, 5.74) is 0. The van der Waals surface area contributed by atoms with Crippen LogP contribution in [0.2, 0.25) is 0 Å². The van der Waals surface area contributed by atoms with Crippen molar-refractivity contribution in [2.45, 2.75) is 18.6 Å². The Morgan fingerprint density at radius 3 is 2.23 bits per heavy atom. The van der Waals surface area contributed by atoms with E-state index in [0.717, 1.165) is 0 Å². The highest BCUT2D eigenvalue weighted by molar-refractivity contribution is 8.00. The molecule has 0 bridgehead atoms. The maximum atomic E-state index is 10.8. The normalized spacial score (nSPS) is 11.9. The predicted molar refractivity (Wildman–Crippen MR) is 50.6 cm³/mol. The summed E-state index contributed by atoms with van der Waals surface area (Å²) < 4.78 is 8.94. The first-order valence-corrected chi connectivity index (χ1v) is 4.90. The Balaban J connectivity index is 3.56. The number of carbonyl (C=O) groups is 2. The molecule has 4 nitrogen and oxygen atoms in total. The van der Waals surface area contributed by atoms with Gasteiger partial charge in [0.2, 0.25) is 0 Å². The smallest absolute Gasteiger partial charge is 0.315 e. The molecule has 13 heavy (non-hydrogen) atoms. The maximum Gasteiger partial charge on any atom is 0.315 e. The Hall–Kier alpha value is -0.710. The molecule has 0 aliphatic carbocycles. The number of esters is 2. The molecule has 5 heteroatoms. The van der Waals surface area contributed by atoms with E-state index in [-0.39, 0.29) is 22.9 Å². The van der Waals surface area contributed by atoms with Crippen LogP contribution in [0.5, 0.6) is 0 Å². The number of thioether (sulfide) groups is 1. The summed E-state index contributed by atoms with van der Waals surface area (Å²) in [5.74, 6) is -0.263. The van der Waals surface area contributed by atoms with E-state index in [1.54, 1.807) is 0 Å². The second-order valence-electron chi connectivity index (χ2n) is 2.48. The van der Waals surface area contributed by atoms with Gasteiger partial charge >= 0.3 is 11.9 Å². The molecule has 0 aliphatic rings. The van der Waals surface area contributed by atoms with Crippen LogP contribution in [-0.2, 0) is 19.1 Å². The standard InChI is InChI=1S/C8H14O4S/c1-6(4-7(9)11-2)13-5-8(10)12-3/h6H,4-5H2,1-3H3. The molecule has 0 aliphatic heterocycles. The number of methoxy groups -OCH3 is 2. The van der Waals surface area contributed by atoms with Crippen LogP contribution in [0.4, 0.5) is 0 Å². The Kier molecular flexibility index (Phi) is 6.40. The van der Waals surface area contributed by atoms with Gasteiger partial charge in [-0.2, -0.15) is 0 Å². The largest absolute Gasteiger partial charge is 0.469 e. The predicted octanol–water partition coefficient (Wildman–Crippen LogP) is 0.844. The number of ether oxygens (including phenoxy) is 2. The summed E-state index contributed by atoms with van der Waals surface area (Å²) in [6, 6.07) is 0. The molecule has 1 atom stereocenters. The molecule has 0 aromatic rings. The van der Waals surface area contributed by atoms with E-state index in [4.69, 9.17) is 0 Å². The zero-order valence-electron chi connectivity index (χ0n) is 8.03. The fourth-order valence-corrected chi connectivity index (χ4v) is 1.44. The molecule has 0 aromatic carbocycles. The number of hydrogen-bond donors (Lipinski definition) is 0. The van der Waals surface area contributed by atoms with E-state index in [2.05, 4.69) is 9.47 Å². The van der Waals surface area contributed by atoms with Crippen molar-refractivity contribution < 1.29 is 19.1 Å². The molecule has 0 radical (unpaired) electrons. The molecule has 0 spiro atoms. The molecule has 0 saturated carbocycles. The molecule has 0 fully saturated rings. The summed E-state index contributed by atoms with van der Waals surface area (Å²) in [6.07, 6.45) is 0.318. The van der Waals surface area contributed by atoms with Crippen LogP contribution in [0.15, 0.2) is 0 Å². The van der Waals surface area contributed by atoms with Crippen molar-refractivity contribution >= 4 is 23.7 Å². The Bertz CT molecular complexity index is 181. The summed E-state index contributed by atoms with van der Waals surface area (Å²) >= 11 is 1.38. The fraction of sp³-hybridized carbons (Fsp3) is 0.750. The number of hydrogen-bond acceptors (Lipinski definition) is 5. The van der Waals surface area contributed by atoms with Gasteiger partial charge < -0.3 is 9.47 Å². The lowest BCUT2D eigenvalue weighted by Gasteiger charge is -2.07. The van der Waals surface area contributed by atoms with Crippen LogP contribution in [0, 0.1) is 0 Å². The van der Waals surface area contributed by atoms with E-state index >= 15 is 0 Å². The van der Waals surface area contributed by atoms with E-state index in [0.29, 0.717) is 6.42 Å². The van der Waals surface area contributed by atoms with Crippen LogP contribution < -0.4 is 0 Å². The molecule has 0 N–H and O–H groups in total. The van der Waals surface area contributed by atoms with E-state index in [1.165, 1.54) is 26.0 Å². The lowest BCUT2D eigenvalue weighted by molar-refractivity contribution is -0.140. The van der Waals surface area contributed by atoms with E-state index in [1.807, 2.05) is 6.92 Å². The number of rotatable bonds is 5. The van der Waals surface area contributed by atoms with Crippen LogP contribution >= 0.6 is 11.8 Å². The Morgan fingerprint density at radius 1 is 1.23 bits per heavy atom. The summed E-state index contributed by atoms with van der Waals surface area (Å²) in [5, 5.41) is 0.0755. The average Bonchev–Trinajstić information content (AvgIpc) is 2.13. The van der Waals surface area contributed by atoms with Gasteiger partial charge in [0.25, 0.3) is 0 Å². The molecule has 0 rings (SSSR count). The first-order valence-electron chi connectivity index (χ1n) is 3.85. The summed E-state index contributed by atoms with van der Waals surface area (Å²) in [7, 11) is 2.69. The van der Waals surface area contributed by atoms with Gasteiger partial charge in [-0.25, -0.2) is 0 Å². The Morgan fingerprint density at radius 2 is 1.77 bits per heavy atom. The lowest BCUT2D eigenvalue weighted by Crippen LogP contribution is -2.12. The third kappa shape index (κ3) is 6.45. The van der Waals surface area contributed by atoms with E-state index in [9.17, 15) is 9.59 Å². The highest BCUT2D eigenvalue weighted by Crippen LogP contribution is 2.14. The van der Waals surface area contributed by atoms with Crippen molar-refractivity contribution in [2.24, 2.45) is 0 Å². The first kappa shape index (κ1) is 12.3. The van der Waals surface area contributed by atoms with Crippen LogP contribution in [-0.4, -0.2) is 37.2 Å². The average molecular weight is 206 g/mol. The fourth-order valence-electron chi connectivity index (χ4n) is 0.646. The molecule has 76 valence electrons. The first-order chi connectivity index (χ1) is 6.10. The minimum absolute atomic E-state index is 0.0755. The zero-order chi connectivity index (χ0) is 10.3. The highest BCUT2D eigenvalue weighted by Gasteiger charge is 2.11. The van der Waals surface area contributed by atoms with Crippen molar-refractivity contribution in [1.29, 1.82) is 0 Å². The minimum atomic E-state index is -0.276. The third-order valence-corrected chi connectivity index (χ3v) is 2.53. The van der Waals surface area contributed by atoms with Gasteiger partial charge in [0, 0.05) is 5.25 Å². The molecular formula is C8H14O4S. The minimum Gasteiger partial charge on any atom is -0.469 e. The van der Waals surface area contributed by atoms with Gasteiger partial charge in [-0.15, -0.1) is 11.8 Å². The number of carbonyl (C=O) groups excluding carboxylic acids is 2. The van der Waals surface area contributed by atoms with Gasteiger partial charge in [-0.3, -0.25) is 9.59 Å². The van der Waals surface area contributed by atoms with Gasteiger partial charge in [0.05, 0.1) is 26.4 Å². The van der Waals surface area contributed by atoms with Crippen LogP contribution in [0.1, 0.15) is 13.3 Å². The molecule has 1 unspecified atom stereocenters. The third-order valence-electron chi connectivity index (χ3n) is 1.40. The molecule has 0 saturated heterocycles. The lowest BCUT2D eigenvalue weighted by atomic mass is 10.3. The zero-order valence-corrected chi connectivity index (χ0v) is 8.85. The molecule has 0 heterocycles. The summed E-state index contributed by atoms with van der Waals surface area (Å²) in [4.78, 5) is 21.5. The Labute approximate surface area is 82.0 Å². The van der Waals surface area contributed by atoms with Gasteiger partial charge in [0.1, 0.15) is 0 Å². The SMILES string of the molecule is COC(=O)CSC(C)CC(=O)OC. The second kappa shape index (κ2) is 6.77. The monoisotopic (exact) mass is 206 g/mol. The van der Waals surface area contributed by atoms with Gasteiger partial charge in [0.15, 0.2) is 0 Å². The highest BCUT2D eigenvalue weighted by atomic mass is 32.2. The molecule has 0 aromatic heterocycles. The maximum absolute atomic E-state index is 10.8. The van der Waals surface area contributed by atoms with E-state index < -0.39 is 0 Å².